The summed E-state index contributed by atoms with van der Waals surface area (Å²) in [5.41, 5.74) is 1.76. The van der Waals surface area contributed by atoms with Crippen LogP contribution in [0.2, 0.25) is 0 Å². The second-order valence-electron chi connectivity index (χ2n) is 7.27. The van der Waals surface area contributed by atoms with Crippen molar-refractivity contribution in [3.63, 3.8) is 0 Å². The first kappa shape index (κ1) is 21.8. The number of sulfonamides is 1. The number of carbonyl (C=O) groups is 1. The third-order valence-electron chi connectivity index (χ3n) is 5.13. The summed E-state index contributed by atoms with van der Waals surface area (Å²) in [6.07, 6.45) is 1.89. The molecule has 2 aromatic carbocycles. The molecule has 0 saturated carbocycles. The zero-order valence-corrected chi connectivity index (χ0v) is 18.5. The van der Waals surface area contributed by atoms with Gasteiger partial charge in [0.05, 0.1) is 18.8 Å². The largest absolute Gasteiger partial charge is 0.497 e. The van der Waals surface area contributed by atoms with Gasteiger partial charge in [-0.2, -0.15) is 8.42 Å². The number of anilines is 1. The van der Waals surface area contributed by atoms with Gasteiger partial charge in [-0.1, -0.05) is 25.5 Å². The fourth-order valence-corrected chi connectivity index (χ4v) is 4.65. The Kier molecular flexibility index (Phi) is 6.45. The lowest BCUT2D eigenvalue weighted by molar-refractivity contribution is 0.0939. The van der Waals surface area contributed by atoms with E-state index in [0.717, 1.165) is 24.2 Å². The fraction of sp³-hybridized carbons (Fsp3) is 0.364. The molecule has 0 fully saturated rings. The highest BCUT2D eigenvalue weighted by Gasteiger charge is 2.29. The van der Waals surface area contributed by atoms with Crippen molar-refractivity contribution in [3.05, 3.63) is 53.6 Å². The van der Waals surface area contributed by atoms with Crippen LogP contribution in [0.4, 0.5) is 5.69 Å². The quantitative estimate of drug-likeness (QED) is 0.721. The third-order valence-corrected chi connectivity index (χ3v) is 6.52. The van der Waals surface area contributed by atoms with Crippen molar-refractivity contribution in [3.8, 4) is 5.75 Å². The first-order valence-electron chi connectivity index (χ1n) is 9.94. The molecule has 0 saturated heterocycles. The monoisotopic (exact) mass is 429 g/mol. The number of unbranched alkanes of at least 4 members (excludes halogenated alkanes) is 1. The Morgan fingerprint density at radius 3 is 2.53 bits per heavy atom. The summed E-state index contributed by atoms with van der Waals surface area (Å²) in [6.45, 7) is 6.31. The second kappa shape index (κ2) is 8.87. The molecule has 1 amide bonds. The number of fused-ring (bicyclic) bond motifs is 1. The molecule has 160 valence electrons. The second-order valence-corrected chi connectivity index (χ2v) is 8.84. The smallest absolute Gasteiger partial charge is 0.286 e. The van der Waals surface area contributed by atoms with Crippen LogP contribution in [0.1, 0.15) is 55.6 Å². The number of hydrogen-bond acceptors (Lipinski definition) is 5. The summed E-state index contributed by atoms with van der Waals surface area (Å²) in [5, 5.41) is 2.91. The molecule has 8 heteroatoms. The van der Waals surface area contributed by atoms with Crippen LogP contribution in [0.5, 0.6) is 5.75 Å². The Balaban J connectivity index is 1.85. The molecule has 0 unspecified atom stereocenters. The molecular weight excluding hydrogens is 402 g/mol. The van der Waals surface area contributed by atoms with Gasteiger partial charge in [-0.25, -0.2) is 0 Å². The van der Waals surface area contributed by atoms with Crippen molar-refractivity contribution >= 4 is 27.5 Å². The minimum Gasteiger partial charge on any atom is -0.497 e. The zero-order valence-electron chi connectivity index (χ0n) is 17.7. The van der Waals surface area contributed by atoms with E-state index in [1.54, 1.807) is 26.2 Å². The highest BCUT2D eigenvalue weighted by molar-refractivity contribution is 7.90. The van der Waals surface area contributed by atoms with Gasteiger partial charge in [0.15, 0.2) is 0 Å². The molecule has 0 bridgehead atoms. The number of nitrogens with zero attached hydrogens (tertiary/aromatic N) is 2. The summed E-state index contributed by atoms with van der Waals surface area (Å²) in [4.78, 5) is 14.7. The molecular formula is C22H27N3O4S. The van der Waals surface area contributed by atoms with Crippen LogP contribution in [-0.2, 0) is 10.0 Å². The van der Waals surface area contributed by atoms with Gasteiger partial charge < -0.3 is 15.0 Å². The topological polar surface area (TPSA) is 88.1 Å². The SMILES string of the molecule is CCCCN1C(C)=NS(=O)(=O)c2cc(C(=O)N[C@@H](C)c3ccc(OC)cc3)ccc21. The predicted octanol–water partition coefficient (Wildman–Crippen LogP) is 3.91. The number of methoxy groups -OCH3 is 1. The van der Waals surface area contributed by atoms with Crippen molar-refractivity contribution in [2.45, 2.75) is 44.6 Å². The number of amides is 1. The fourth-order valence-electron chi connectivity index (χ4n) is 3.39. The molecule has 1 aliphatic rings. The van der Waals surface area contributed by atoms with Crippen LogP contribution in [0.15, 0.2) is 51.8 Å². The molecule has 1 atom stereocenters. The van der Waals surface area contributed by atoms with E-state index in [1.165, 1.54) is 6.07 Å². The van der Waals surface area contributed by atoms with Gasteiger partial charge in [-0.15, -0.1) is 4.40 Å². The number of rotatable bonds is 7. The molecule has 0 aromatic heterocycles. The molecule has 7 nitrogen and oxygen atoms in total. The molecule has 30 heavy (non-hydrogen) atoms. The summed E-state index contributed by atoms with van der Waals surface area (Å²) in [5.74, 6) is 0.838. The van der Waals surface area contributed by atoms with Crippen molar-refractivity contribution < 1.29 is 17.9 Å². The predicted molar refractivity (Wildman–Crippen MR) is 118 cm³/mol. The minimum absolute atomic E-state index is 0.0638. The van der Waals surface area contributed by atoms with Gasteiger partial charge in [-0.05, 0) is 56.2 Å². The van der Waals surface area contributed by atoms with E-state index in [2.05, 4.69) is 16.6 Å². The van der Waals surface area contributed by atoms with Gasteiger partial charge >= 0.3 is 0 Å². The van der Waals surface area contributed by atoms with E-state index in [0.29, 0.717) is 18.1 Å². The maximum absolute atomic E-state index is 12.8. The molecule has 0 spiro atoms. The van der Waals surface area contributed by atoms with Gasteiger partial charge in [0.2, 0.25) is 0 Å². The Morgan fingerprint density at radius 1 is 1.20 bits per heavy atom. The Labute approximate surface area is 177 Å². The van der Waals surface area contributed by atoms with Crippen LogP contribution < -0.4 is 15.0 Å². The first-order chi connectivity index (χ1) is 14.3. The highest BCUT2D eigenvalue weighted by Crippen LogP contribution is 2.33. The van der Waals surface area contributed by atoms with Crippen LogP contribution >= 0.6 is 0 Å². The number of benzene rings is 2. The Morgan fingerprint density at radius 2 is 1.90 bits per heavy atom. The van der Waals surface area contributed by atoms with E-state index in [9.17, 15) is 13.2 Å². The van der Waals surface area contributed by atoms with Gasteiger partial charge in [0.25, 0.3) is 15.9 Å². The van der Waals surface area contributed by atoms with Crippen LogP contribution in [0, 0.1) is 0 Å². The lowest BCUT2D eigenvalue weighted by Gasteiger charge is -2.29. The molecule has 2 aromatic rings. The van der Waals surface area contributed by atoms with Gasteiger partial charge in [0.1, 0.15) is 16.5 Å². The number of nitrogens with one attached hydrogen (secondary N) is 1. The number of hydrogen-bond donors (Lipinski definition) is 1. The maximum atomic E-state index is 12.8. The maximum Gasteiger partial charge on any atom is 0.286 e. The first-order valence-corrected chi connectivity index (χ1v) is 11.4. The van der Waals surface area contributed by atoms with E-state index in [4.69, 9.17) is 4.74 Å². The molecule has 1 aliphatic heterocycles. The molecule has 1 N–H and O–H groups in total. The van der Waals surface area contributed by atoms with Crippen LogP contribution in [0.25, 0.3) is 0 Å². The average Bonchev–Trinajstić information content (AvgIpc) is 2.73. The zero-order chi connectivity index (χ0) is 21.9. The van der Waals surface area contributed by atoms with Crippen molar-refractivity contribution in [2.75, 3.05) is 18.6 Å². The van der Waals surface area contributed by atoms with E-state index in [-0.39, 0.29) is 22.4 Å². The lowest BCUT2D eigenvalue weighted by Crippen LogP contribution is -2.35. The summed E-state index contributed by atoms with van der Waals surface area (Å²) in [7, 11) is -2.24. The summed E-state index contributed by atoms with van der Waals surface area (Å²) >= 11 is 0. The average molecular weight is 430 g/mol. The normalized spacial score (nSPS) is 15.7. The standard InChI is InChI=1S/C22H27N3O4S/c1-5-6-13-25-16(3)24-30(27,28)21-14-18(9-12-20(21)25)22(26)23-15(2)17-7-10-19(29-4)11-8-17/h7-12,14-15H,5-6,13H2,1-4H3,(H,23,26)/t15-/m0/s1. The highest BCUT2D eigenvalue weighted by atomic mass is 32.2. The number of carbonyl (C=O) groups excluding carboxylic acids is 1. The van der Waals surface area contributed by atoms with E-state index in [1.807, 2.05) is 36.1 Å². The lowest BCUT2D eigenvalue weighted by atomic mass is 10.1. The molecule has 1 heterocycles. The molecule has 0 radical (unpaired) electrons. The van der Waals surface area contributed by atoms with Gasteiger partial charge in [-0.3, -0.25) is 4.79 Å². The Bertz CT molecular complexity index is 1060. The molecule has 0 aliphatic carbocycles. The number of amidine groups is 1. The van der Waals surface area contributed by atoms with E-state index < -0.39 is 10.0 Å². The minimum atomic E-state index is -3.84. The van der Waals surface area contributed by atoms with Crippen molar-refractivity contribution in [2.24, 2.45) is 4.40 Å². The van der Waals surface area contributed by atoms with Gasteiger partial charge in [0, 0.05) is 12.1 Å². The third kappa shape index (κ3) is 4.48. The van der Waals surface area contributed by atoms with Crippen molar-refractivity contribution in [1.29, 1.82) is 0 Å². The van der Waals surface area contributed by atoms with Crippen LogP contribution in [-0.4, -0.2) is 33.8 Å². The van der Waals surface area contributed by atoms with Crippen LogP contribution in [0.3, 0.4) is 0 Å². The van der Waals surface area contributed by atoms with Crippen molar-refractivity contribution in [1.82, 2.24) is 5.32 Å². The Hall–Kier alpha value is -2.87. The number of ether oxygens (including phenoxy) is 1. The molecule has 3 rings (SSSR count). The summed E-state index contributed by atoms with van der Waals surface area (Å²) in [6, 6.07) is 11.9. The van der Waals surface area contributed by atoms with E-state index >= 15 is 0 Å². The summed E-state index contributed by atoms with van der Waals surface area (Å²) < 4.78 is 34.3.